The van der Waals surface area contributed by atoms with Gasteiger partial charge in [-0.15, -0.1) is 11.3 Å². The van der Waals surface area contributed by atoms with E-state index in [1.54, 1.807) is 17.4 Å². The van der Waals surface area contributed by atoms with Crippen LogP contribution >= 0.6 is 11.3 Å². The lowest BCUT2D eigenvalue weighted by Gasteiger charge is -2.36. The quantitative estimate of drug-likeness (QED) is 0.224. The van der Waals surface area contributed by atoms with Crippen LogP contribution in [0.5, 0.6) is 0 Å². The van der Waals surface area contributed by atoms with E-state index in [4.69, 9.17) is 4.74 Å². The van der Waals surface area contributed by atoms with Gasteiger partial charge in [-0.25, -0.2) is 4.79 Å². The van der Waals surface area contributed by atoms with Crippen LogP contribution in [0.2, 0.25) is 0 Å². The third-order valence-corrected chi connectivity index (χ3v) is 7.74. The van der Waals surface area contributed by atoms with Gasteiger partial charge in [0.05, 0.1) is 11.4 Å². The number of ether oxygens (including phenoxy) is 1. The molecule has 1 aliphatic rings. The fourth-order valence-corrected chi connectivity index (χ4v) is 5.51. The van der Waals surface area contributed by atoms with Crippen molar-refractivity contribution in [3.8, 4) is 10.4 Å². The lowest BCUT2D eigenvalue weighted by molar-refractivity contribution is 0.0635. The van der Waals surface area contributed by atoms with Crippen molar-refractivity contribution >= 4 is 40.4 Å². The Labute approximate surface area is 259 Å². The molecule has 4 aromatic rings. The average Bonchev–Trinajstić information content (AvgIpc) is 3.54. The number of anilines is 3. The Morgan fingerprint density at radius 3 is 2.14 bits per heavy atom. The minimum absolute atomic E-state index is 0.250. The molecular formula is C35H42N4O3S. The highest BCUT2D eigenvalue weighted by molar-refractivity contribution is 7.13. The molecule has 0 atom stereocenters. The maximum absolute atomic E-state index is 13.3. The van der Waals surface area contributed by atoms with Crippen LogP contribution in [0, 0.1) is 0 Å². The van der Waals surface area contributed by atoms with Crippen molar-refractivity contribution in [3.63, 3.8) is 0 Å². The van der Waals surface area contributed by atoms with Crippen LogP contribution in [0.4, 0.5) is 21.9 Å². The molecule has 2 heterocycles. The first-order valence-electron chi connectivity index (χ1n) is 14.8. The molecule has 226 valence electrons. The lowest BCUT2D eigenvalue weighted by Crippen LogP contribution is -2.45. The predicted molar refractivity (Wildman–Crippen MR) is 179 cm³/mol. The maximum atomic E-state index is 13.3. The summed E-state index contributed by atoms with van der Waals surface area (Å²) in [6.45, 7) is 14.3. The minimum atomic E-state index is -0.638. The van der Waals surface area contributed by atoms with Gasteiger partial charge in [-0.3, -0.25) is 15.0 Å². The molecule has 0 bridgehead atoms. The van der Waals surface area contributed by atoms with Gasteiger partial charge in [-0.2, -0.15) is 0 Å². The Kier molecular flexibility index (Phi) is 11.0. The Hall–Kier alpha value is -4.14. The molecule has 0 unspecified atom stereocenters. The summed E-state index contributed by atoms with van der Waals surface area (Å²) in [6, 6.07) is 27.9. The number of piperazine rings is 1. The number of benzene rings is 3. The number of carbonyl (C=O) groups excluding carboxylic acids is 2. The van der Waals surface area contributed by atoms with Gasteiger partial charge in [-0.05, 0) is 79.7 Å². The molecule has 3 aromatic carbocycles. The SMILES string of the molecule is CC.CC(C)(C)OC(=O)Nc1ccc(-c2cccs2)cc1NC(=O)c1ccc(N2CCN(Cc3ccccc3)CC2)cc1. The number of thiophene rings is 1. The Bertz CT molecular complexity index is 1460. The smallest absolute Gasteiger partial charge is 0.412 e. The van der Waals surface area contributed by atoms with Crippen LogP contribution in [0.1, 0.15) is 50.5 Å². The molecule has 0 radical (unpaired) electrons. The fraction of sp³-hybridized carbons (Fsp3) is 0.314. The summed E-state index contributed by atoms with van der Waals surface area (Å²) in [7, 11) is 0. The minimum Gasteiger partial charge on any atom is -0.444 e. The summed E-state index contributed by atoms with van der Waals surface area (Å²) in [4.78, 5) is 31.7. The second-order valence-electron chi connectivity index (χ2n) is 11.1. The van der Waals surface area contributed by atoms with E-state index >= 15 is 0 Å². The van der Waals surface area contributed by atoms with Gasteiger partial charge in [-0.1, -0.05) is 56.3 Å². The molecule has 1 aliphatic heterocycles. The number of nitrogens with one attached hydrogen (secondary N) is 2. The fourth-order valence-electron chi connectivity index (χ4n) is 4.79. The molecule has 1 saturated heterocycles. The van der Waals surface area contributed by atoms with Crippen molar-refractivity contribution in [2.45, 2.75) is 46.8 Å². The van der Waals surface area contributed by atoms with E-state index in [9.17, 15) is 9.59 Å². The summed E-state index contributed by atoms with van der Waals surface area (Å²) in [5, 5.41) is 7.79. The van der Waals surface area contributed by atoms with E-state index < -0.39 is 11.7 Å². The van der Waals surface area contributed by atoms with Crippen molar-refractivity contribution in [2.24, 2.45) is 0 Å². The summed E-state index contributed by atoms with van der Waals surface area (Å²) in [5.74, 6) is -0.250. The second-order valence-corrected chi connectivity index (χ2v) is 12.1. The Morgan fingerprint density at radius 1 is 0.814 bits per heavy atom. The molecule has 2 N–H and O–H groups in total. The molecular weight excluding hydrogens is 556 g/mol. The number of rotatable bonds is 7. The second kappa shape index (κ2) is 14.8. The number of carbonyl (C=O) groups is 2. The van der Waals surface area contributed by atoms with Gasteiger partial charge in [0, 0.05) is 48.9 Å². The zero-order valence-electron chi connectivity index (χ0n) is 25.7. The monoisotopic (exact) mass is 598 g/mol. The van der Waals surface area contributed by atoms with Crippen LogP contribution < -0.4 is 15.5 Å². The molecule has 2 amide bonds. The average molecular weight is 599 g/mol. The first-order chi connectivity index (χ1) is 20.7. The van der Waals surface area contributed by atoms with Gasteiger partial charge >= 0.3 is 6.09 Å². The highest BCUT2D eigenvalue weighted by Crippen LogP contribution is 2.32. The number of hydrogen-bond donors (Lipinski definition) is 2. The van der Waals surface area contributed by atoms with Gasteiger partial charge < -0.3 is 15.0 Å². The summed E-state index contributed by atoms with van der Waals surface area (Å²) in [5.41, 5.74) is 4.27. The molecule has 0 saturated carbocycles. The first-order valence-corrected chi connectivity index (χ1v) is 15.7. The third-order valence-electron chi connectivity index (χ3n) is 6.83. The van der Waals surface area contributed by atoms with E-state index in [0.717, 1.165) is 48.9 Å². The van der Waals surface area contributed by atoms with E-state index in [-0.39, 0.29) is 5.91 Å². The van der Waals surface area contributed by atoms with Crippen molar-refractivity contribution in [3.05, 3.63) is 101 Å². The Balaban J connectivity index is 0.00000207. The normalized spacial score (nSPS) is 13.5. The van der Waals surface area contributed by atoms with Crippen molar-refractivity contribution < 1.29 is 14.3 Å². The van der Waals surface area contributed by atoms with Crippen LogP contribution in [0.15, 0.2) is 90.3 Å². The van der Waals surface area contributed by atoms with Crippen molar-refractivity contribution in [1.29, 1.82) is 0 Å². The molecule has 1 fully saturated rings. The first kappa shape index (κ1) is 31.8. The predicted octanol–water partition coefficient (Wildman–Crippen LogP) is 8.36. The van der Waals surface area contributed by atoms with E-state index in [0.29, 0.717) is 16.9 Å². The summed E-state index contributed by atoms with van der Waals surface area (Å²) < 4.78 is 5.43. The third kappa shape index (κ3) is 9.17. The molecule has 5 rings (SSSR count). The Morgan fingerprint density at radius 2 is 1.51 bits per heavy atom. The molecule has 43 heavy (non-hydrogen) atoms. The highest BCUT2D eigenvalue weighted by atomic mass is 32.1. The molecule has 8 heteroatoms. The van der Waals surface area contributed by atoms with Crippen LogP contribution in [-0.2, 0) is 11.3 Å². The summed E-state index contributed by atoms with van der Waals surface area (Å²) in [6.07, 6.45) is -0.579. The van der Waals surface area contributed by atoms with E-state index in [2.05, 4.69) is 44.7 Å². The van der Waals surface area contributed by atoms with Gasteiger partial charge in [0.15, 0.2) is 0 Å². The van der Waals surface area contributed by atoms with E-state index in [1.807, 2.05) is 94.6 Å². The van der Waals surface area contributed by atoms with Crippen LogP contribution in [0.3, 0.4) is 0 Å². The molecule has 0 aliphatic carbocycles. The van der Waals surface area contributed by atoms with Crippen LogP contribution in [0.25, 0.3) is 10.4 Å². The van der Waals surface area contributed by atoms with Crippen molar-refractivity contribution in [1.82, 2.24) is 4.90 Å². The highest BCUT2D eigenvalue weighted by Gasteiger charge is 2.20. The zero-order valence-corrected chi connectivity index (χ0v) is 26.5. The molecule has 1 aromatic heterocycles. The lowest BCUT2D eigenvalue weighted by atomic mass is 10.1. The van der Waals surface area contributed by atoms with Gasteiger partial charge in [0.1, 0.15) is 5.60 Å². The van der Waals surface area contributed by atoms with Crippen LogP contribution in [-0.4, -0.2) is 48.7 Å². The van der Waals surface area contributed by atoms with Crippen molar-refractivity contribution in [2.75, 3.05) is 41.7 Å². The number of nitrogens with zero attached hydrogens (tertiary/aromatic N) is 2. The topological polar surface area (TPSA) is 73.9 Å². The van der Waals surface area contributed by atoms with E-state index in [1.165, 1.54) is 5.56 Å². The molecule has 0 spiro atoms. The zero-order chi connectivity index (χ0) is 30.8. The number of hydrogen-bond acceptors (Lipinski definition) is 6. The summed E-state index contributed by atoms with van der Waals surface area (Å²) >= 11 is 1.61. The van der Waals surface area contributed by atoms with Gasteiger partial charge in [0.2, 0.25) is 0 Å². The van der Waals surface area contributed by atoms with Gasteiger partial charge in [0.25, 0.3) is 5.91 Å². The largest absolute Gasteiger partial charge is 0.444 e. The maximum Gasteiger partial charge on any atom is 0.412 e. The molecule has 7 nitrogen and oxygen atoms in total. The number of amides is 2. The standard InChI is InChI=1S/C33H36N4O3S.C2H6/c1-33(2,3)40-32(39)35-28-16-13-26(30-10-7-21-41-30)22-29(28)34-31(38)25-11-14-27(15-12-25)37-19-17-36(18-20-37)23-24-8-5-4-6-9-24;1-2/h4-16,21-22H,17-20,23H2,1-3H3,(H,34,38)(H,35,39);1-2H3.